The zero-order valence-corrected chi connectivity index (χ0v) is 31.4. The Morgan fingerprint density at radius 2 is 0.897 bits per heavy atom. The lowest BCUT2D eigenvalue weighted by molar-refractivity contribution is 0.669. The van der Waals surface area contributed by atoms with Crippen molar-refractivity contribution in [2.75, 3.05) is 0 Å². The van der Waals surface area contributed by atoms with Crippen LogP contribution in [0.2, 0.25) is 0 Å². The number of benzene rings is 11. The van der Waals surface area contributed by atoms with Crippen molar-refractivity contribution in [3.05, 3.63) is 216 Å². The molecule has 11 aromatic carbocycles. The maximum absolute atomic E-state index is 6.54. The molecule has 0 saturated heterocycles. The molecule has 12 aromatic rings. The van der Waals surface area contributed by atoms with Crippen LogP contribution in [0.25, 0.3) is 110 Å². The molecular formula is C57H32O. The Morgan fingerprint density at radius 3 is 1.72 bits per heavy atom. The Bertz CT molecular complexity index is 3690. The summed E-state index contributed by atoms with van der Waals surface area (Å²) in [6.07, 6.45) is 0. The highest BCUT2D eigenvalue weighted by Gasteiger charge is 2.52. The first-order chi connectivity index (χ1) is 28.8. The molecule has 1 heterocycles. The molecule has 0 saturated carbocycles. The van der Waals surface area contributed by atoms with Gasteiger partial charge in [0.25, 0.3) is 0 Å². The number of hydrogen-bond donors (Lipinski definition) is 0. The topological polar surface area (TPSA) is 13.1 Å². The predicted molar refractivity (Wildman–Crippen MR) is 242 cm³/mol. The summed E-state index contributed by atoms with van der Waals surface area (Å²) in [6.45, 7) is 0. The highest BCUT2D eigenvalue weighted by Crippen LogP contribution is 2.65. The lowest BCUT2D eigenvalue weighted by Gasteiger charge is -2.31. The van der Waals surface area contributed by atoms with Gasteiger partial charge in [-0.1, -0.05) is 164 Å². The first-order valence-corrected chi connectivity index (χ1v) is 20.2. The third-order valence-electron chi connectivity index (χ3n) is 13.6. The van der Waals surface area contributed by atoms with Crippen LogP contribution < -0.4 is 0 Å². The van der Waals surface area contributed by atoms with Crippen molar-refractivity contribution < 1.29 is 4.42 Å². The molecule has 0 bridgehead atoms. The lowest BCUT2D eigenvalue weighted by Crippen LogP contribution is -2.26. The van der Waals surface area contributed by atoms with Gasteiger partial charge >= 0.3 is 0 Å². The van der Waals surface area contributed by atoms with E-state index >= 15 is 0 Å². The minimum atomic E-state index is -0.514. The van der Waals surface area contributed by atoms with Gasteiger partial charge in [-0.2, -0.15) is 0 Å². The van der Waals surface area contributed by atoms with E-state index in [4.69, 9.17) is 4.42 Å². The van der Waals surface area contributed by atoms with Crippen molar-refractivity contribution in [3.8, 4) is 44.5 Å². The van der Waals surface area contributed by atoms with Crippen LogP contribution in [-0.4, -0.2) is 0 Å². The van der Waals surface area contributed by atoms with Gasteiger partial charge in [0.15, 0.2) is 0 Å². The largest absolute Gasteiger partial charge is 0.456 e. The fourth-order valence-corrected chi connectivity index (χ4v) is 11.3. The van der Waals surface area contributed by atoms with Crippen molar-refractivity contribution in [2.24, 2.45) is 0 Å². The molecule has 0 N–H and O–H groups in total. The van der Waals surface area contributed by atoms with Crippen LogP contribution in [0.4, 0.5) is 0 Å². The van der Waals surface area contributed by atoms with E-state index in [0.717, 1.165) is 27.5 Å². The molecule has 0 atom stereocenters. The molecule has 266 valence electrons. The van der Waals surface area contributed by atoms with E-state index in [-0.39, 0.29) is 0 Å². The van der Waals surface area contributed by atoms with E-state index in [1.54, 1.807) is 0 Å². The first-order valence-electron chi connectivity index (χ1n) is 20.2. The summed E-state index contributed by atoms with van der Waals surface area (Å²) >= 11 is 0. The molecule has 0 radical (unpaired) electrons. The molecule has 0 unspecified atom stereocenters. The van der Waals surface area contributed by atoms with Gasteiger partial charge in [0, 0.05) is 10.8 Å². The summed E-state index contributed by atoms with van der Waals surface area (Å²) in [4.78, 5) is 0. The third-order valence-corrected chi connectivity index (χ3v) is 13.6. The van der Waals surface area contributed by atoms with Gasteiger partial charge in [-0.3, -0.25) is 0 Å². The minimum Gasteiger partial charge on any atom is -0.456 e. The Labute approximate surface area is 334 Å². The summed E-state index contributed by atoms with van der Waals surface area (Å²) in [6, 6.07) is 72.8. The summed E-state index contributed by atoms with van der Waals surface area (Å²) in [7, 11) is 0. The van der Waals surface area contributed by atoms with Crippen LogP contribution in [-0.2, 0) is 5.41 Å². The smallest absolute Gasteiger partial charge is 0.136 e. The van der Waals surface area contributed by atoms with E-state index < -0.39 is 5.41 Å². The van der Waals surface area contributed by atoms with E-state index in [2.05, 4.69) is 188 Å². The van der Waals surface area contributed by atoms with Gasteiger partial charge in [-0.05, 0) is 140 Å². The van der Waals surface area contributed by atoms with Gasteiger partial charge in [-0.25, -0.2) is 0 Å². The van der Waals surface area contributed by atoms with Crippen LogP contribution in [0.5, 0.6) is 0 Å². The van der Waals surface area contributed by atoms with Crippen LogP contribution in [0, 0.1) is 0 Å². The van der Waals surface area contributed by atoms with E-state index in [0.29, 0.717) is 0 Å². The Kier molecular flexibility index (Phi) is 5.76. The van der Waals surface area contributed by atoms with Gasteiger partial charge in [0.05, 0.1) is 5.41 Å². The zero-order valence-electron chi connectivity index (χ0n) is 31.4. The van der Waals surface area contributed by atoms with Gasteiger partial charge < -0.3 is 4.42 Å². The van der Waals surface area contributed by atoms with Gasteiger partial charge in [0.1, 0.15) is 11.2 Å². The molecule has 0 fully saturated rings. The lowest BCUT2D eigenvalue weighted by atomic mass is 9.69. The maximum atomic E-state index is 6.54. The molecular weight excluding hydrogens is 701 g/mol. The molecule has 2 aliphatic carbocycles. The zero-order chi connectivity index (χ0) is 37.7. The second-order valence-electron chi connectivity index (χ2n) is 16.3. The van der Waals surface area contributed by atoms with Crippen LogP contribution >= 0.6 is 0 Å². The van der Waals surface area contributed by atoms with E-state index in [1.165, 1.54) is 104 Å². The van der Waals surface area contributed by atoms with Crippen LogP contribution in [0.15, 0.2) is 199 Å². The Morgan fingerprint density at radius 1 is 0.293 bits per heavy atom. The molecule has 1 nitrogen and oxygen atoms in total. The summed E-state index contributed by atoms with van der Waals surface area (Å²) < 4.78 is 6.54. The number of hydrogen-bond acceptors (Lipinski definition) is 1. The van der Waals surface area contributed by atoms with Crippen molar-refractivity contribution in [1.29, 1.82) is 0 Å². The van der Waals surface area contributed by atoms with E-state index in [9.17, 15) is 0 Å². The molecule has 0 aliphatic heterocycles. The predicted octanol–water partition coefficient (Wildman–Crippen LogP) is 15.3. The molecule has 2 aliphatic rings. The van der Waals surface area contributed by atoms with Crippen molar-refractivity contribution in [3.63, 3.8) is 0 Å². The molecule has 0 amide bonds. The molecule has 1 aromatic heterocycles. The number of furan rings is 1. The Hall–Kier alpha value is -7.48. The van der Waals surface area contributed by atoms with Crippen LogP contribution in [0.3, 0.4) is 0 Å². The standard InChI is InChI=1S/C57H32O/c1-2-13-40-36(10-1)31-50-56(55(40)38-25-27-44-43-16-5-8-19-51(43)58-52(44)32-38)46-29-24-37(30-49(46)57(50)47-17-6-3-14-41(47)42-15-4-7-18-48(42)57)39-26-22-35-21-20-33-11-9-12-34-23-28-45(39)54(35)53(33)34/h1-32H. The van der Waals surface area contributed by atoms with Gasteiger partial charge in [-0.15, -0.1) is 0 Å². The fraction of sp³-hybridized carbons (Fsp3) is 0.0175. The van der Waals surface area contributed by atoms with Crippen LogP contribution in [0.1, 0.15) is 22.3 Å². The summed E-state index contributed by atoms with van der Waals surface area (Å²) in [5.74, 6) is 0. The monoisotopic (exact) mass is 732 g/mol. The summed E-state index contributed by atoms with van der Waals surface area (Å²) in [5, 5.41) is 12.6. The van der Waals surface area contributed by atoms with Crippen molar-refractivity contribution >= 4 is 65.0 Å². The normalized spacial score (nSPS) is 13.7. The van der Waals surface area contributed by atoms with Crippen molar-refractivity contribution in [2.45, 2.75) is 5.41 Å². The highest BCUT2D eigenvalue weighted by molar-refractivity contribution is 6.25. The SMILES string of the molecule is c1ccc2c(c1)-c1ccccc1C21c2cc(-c3ccc4ccc5cccc6ccc3c4c56)ccc2-c2c1cc1ccccc1c2-c1ccc2c(c1)oc1ccccc12. The highest BCUT2D eigenvalue weighted by atomic mass is 16.3. The molecule has 58 heavy (non-hydrogen) atoms. The number of fused-ring (bicyclic) bond motifs is 14. The number of para-hydroxylation sites is 1. The molecule has 1 spiro atoms. The minimum absolute atomic E-state index is 0.514. The second kappa shape index (κ2) is 10.9. The Balaban J connectivity index is 1.12. The quantitative estimate of drug-likeness (QED) is 0.161. The molecule has 14 rings (SSSR count). The first kappa shape index (κ1) is 30.7. The maximum Gasteiger partial charge on any atom is 0.136 e. The number of rotatable bonds is 2. The van der Waals surface area contributed by atoms with Gasteiger partial charge in [0.2, 0.25) is 0 Å². The van der Waals surface area contributed by atoms with Crippen molar-refractivity contribution in [1.82, 2.24) is 0 Å². The fourth-order valence-electron chi connectivity index (χ4n) is 11.3. The average molecular weight is 733 g/mol. The second-order valence-corrected chi connectivity index (χ2v) is 16.3. The summed E-state index contributed by atoms with van der Waals surface area (Å²) in [5.41, 5.74) is 16.8. The third kappa shape index (κ3) is 3.72. The van der Waals surface area contributed by atoms with E-state index in [1.807, 2.05) is 6.07 Å². The molecule has 1 heteroatoms. The average Bonchev–Trinajstić information content (AvgIpc) is 3.90.